The summed E-state index contributed by atoms with van der Waals surface area (Å²) in [4.78, 5) is 2.53. The van der Waals surface area contributed by atoms with Gasteiger partial charge in [0.25, 0.3) is 0 Å². The van der Waals surface area contributed by atoms with Crippen molar-refractivity contribution in [2.75, 3.05) is 18.4 Å². The fourth-order valence-corrected chi connectivity index (χ4v) is 2.64. The van der Waals surface area contributed by atoms with E-state index < -0.39 is 0 Å². The van der Waals surface area contributed by atoms with E-state index in [1.807, 2.05) is 11.7 Å². The van der Waals surface area contributed by atoms with Gasteiger partial charge in [0.1, 0.15) is 0 Å². The summed E-state index contributed by atoms with van der Waals surface area (Å²) in [5, 5.41) is 8.22. The molecule has 0 amide bonds. The molecule has 1 saturated heterocycles. The van der Waals surface area contributed by atoms with E-state index in [9.17, 15) is 0 Å². The van der Waals surface area contributed by atoms with Gasteiger partial charge in [0, 0.05) is 38.4 Å². The fraction of sp³-hybridized carbons (Fsp3) is 0.786. The third kappa shape index (κ3) is 2.86. The third-order valence-corrected chi connectivity index (χ3v) is 3.71. The summed E-state index contributed by atoms with van der Waals surface area (Å²) in [6, 6.07) is 1.21. The fourth-order valence-electron chi connectivity index (χ4n) is 2.64. The maximum atomic E-state index is 4.55. The van der Waals surface area contributed by atoms with Crippen LogP contribution in [0, 0.1) is 0 Å². The molecule has 0 aromatic carbocycles. The van der Waals surface area contributed by atoms with Crippen LogP contribution in [-0.4, -0.2) is 39.9 Å². The number of likely N-dealkylation sites (tertiary alicyclic amines) is 1. The van der Waals surface area contributed by atoms with Crippen molar-refractivity contribution < 1.29 is 0 Å². The molecule has 1 aliphatic rings. The Kier molecular flexibility index (Phi) is 3.95. The molecular weight excluding hydrogens is 224 g/mol. The zero-order valence-electron chi connectivity index (χ0n) is 12.3. The average molecular weight is 250 g/mol. The molecule has 1 N–H and O–H groups in total. The first-order chi connectivity index (χ1) is 8.47. The van der Waals surface area contributed by atoms with Gasteiger partial charge >= 0.3 is 0 Å². The van der Waals surface area contributed by atoms with Crippen LogP contribution >= 0.6 is 0 Å². The number of hydrogen-bond donors (Lipinski definition) is 1. The van der Waals surface area contributed by atoms with E-state index in [2.05, 4.69) is 49.2 Å². The average Bonchev–Trinajstić information content (AvgIpc) is 2.86. The van der Waals surface area contributed by atoms with Crippen LogP contribution in [0.5, 0.6) is 0 Å². The lowest BCUT2D eigenvalue weighted by molar-refractivity contribution is 0.274. The molecule has 1 aromatic rings. The van der Waals surface area contributed by atoms with E-state index in [1.165, 1.54) is 24.3 Å². The largest absolute Gasteiger partial charge is 0.378 e. The predicted octanol–water partition coefficient (Wildman–Crippen LogP) is 2.44. The normalized spacial score (nSPS) is 21.2. The van der Waals surface area contributed by atoms with Crippen LogP contribution < -0.4 is 5.32 Å². The number of nitrogens with one attached hydrogen (secondary N) is 1. The lowest BCUT2D eigenvalue weighted by atomic mass is 10.1. The standard InChI is InChI=1S/C14H26N4/c1-10(2)14-13(9-17(5)16-14)15-12-6-7-18(8-12)11(3)4/h9-12,15H,6-8H2,1-5H3. The molecule has 0 bridgehead atoms. The smallest absolute Gasteiger partial charge is 0.0881 e. The Hall–Kier alpha value is -1.03. The second kappa shape index (κ2) is 5.31. The highest BCUT2D eigenvalue weighted by Gasteiger charge is 2.25. The predicted molar refractivity (Wildman–Crippen MR) is 76.0 cm³/mol. The molecule has 1 aliphatic heterocycles. The molecular formula is C14H26N4. The van der Waals surface area contributed by atoms with E-state index in [-0.39, 0.29) is 0 Å². The molecule has 1 aromatic heterocycles. The Labute approximate surface area is 110 Å². The van der Waals surface area contributed by atoms with E-state index in [0.717, 1.165) is 6.54 Å². The molecule has 0 spiro atoms. The maximum absolute atomic E-state index is 4.55. The van der Waals surface area contributed by atoms with Crippen molar-refractivity contribution >= 4 is 5.69 Å². The van der Waals surface area contributed by atoms with Crippen LogP contribution in [0.1, 0.15) is 45.7 Å². The minimum atomic E-state index is 0.469. The zero-order chi connectivity index (χ0) is 13.3. The molecule has 4 heteroatoms. The number of aryl methyl sites for hydroxylation is 1. The Morgan fingerprint density at radius 1 is 1.33 bits per heavy atom. The minimum Gasteiger partial charge on any atom is -0.378 e. The number of hydrogen-bond acceptors (Lipinski definition) is 3. The lowest BCUT2D eigenvalue weighted by Crippen LogP contribution is -2.31. The summed E-state index contributed by atoms with van der Waals surface area (Å²) >= 11 is 0. The number of aromatic nitrogens is 2. The maximum Gasteiger partial charge on any atom is 0.0881 e. The number of anilines is 1. The Balaban J connectivity index is 2.02. The van der Waals surface area contributed by atoms with Crippen molar-refractivity contribution in [3.05, 3.63) is 11.9 Å². The van der Waals surface area contributed by atoms with Crippen molar-refractivity contribution in [3.63, 3.8) is 0 Å². The summed E-state index contributed by atoms with van der Waals surface area (Å²) < 4.78 is 1.91. The van der Waals surface area contributed by atoms with Gasteiger partial charge in [-0.3, -0.25) is 9.58 Å². The van der Waals surface area contributed by atoms with E-state index in [0.29, 0.717) is 18.0 Å². The second-order valence-corrected chi connectivity index (χ2v) is 5.98. The van der Waals surface area contributed by atoms with Gasteiger partial charge in [0.15, 0.2) is 0 Å². The number of nitrogens with zero attached hydrogens (tertiary/aromatic N) is 3. The van der Waals surface area contributed by atoms with Gasteiger partial charge < -0.3 is 5.32 Å². The Morgan fingerprint density at radius 3 is 2.61 bits per heavy atom. The highest BCUT2D eigenvalue weighted by atomic mass is 15.3. The first-order valence-corrected chi connectivity index (χ1v) is 7.01. The van der Waals surface area contributed by atoms with Crippen molar-refractivity contribution in [1.29, 1.82) is 0 Å². The third-order valence-electron chi connectivity index (χ3n) is 3.71. The molecule has 0 radical (unpaired) electrons. The quantitative estimate of drug-likeness (QED) is 0.891. The van der Waals surface area contributed by atoms with E-state index in [4.69, 9.17) is 0 Å². The van der Waals surface area contributed by atoms with Gasteiger partial charge in [-0.1, -0.05) is 13.8 Å². The minimum absolute atomic E-state index is 0.469. The number of rotatable bonds is 4. The van der Waals surface area contributed by atoms with Crippen molar-refractivity contribution in [2.24, 2.45) is 7.05 Å². The first kappa shape index (κ1) is 13.4. The molecule has 0 aliphatic carbocycles. The van der Waals surface area contributed by atoms with Gasteiger partial charge in [-0.25, -0.2) is 0 Å². The van der Waals surface area contributed by atoms with Crippen LogP contribution in [-0.2, 0) is 7.05 Å². The van der Waals surface area contributed by atoms with Crippen LogP contribution in [0.25, 0.3) is 0 Å². The topological polar surface area (TPSA) is 33.1 Å². The molecule has 1 fully saturated rings. The summed E-state index contributed by atoms with van der Waals surface area (Å²) in [6.07, 6.45) is 3.33. The van der Waals surface area contributed by atoms with Crippen molar-refractivity contribution in [2.45, 2.75) is 52.1 Å². The SMILES string of the molecule is CC(C)c1nn(C)cc1NC1CCN(C(C)C)C1. The molecule has 2 rings (SSSR count). The highest BCUT2D eigenvalue weighted by molar-refractivity contribution is 5.48. The summed E-state index contributed by atoms with van der Waals surface area (Å²) in [5.74, 6) is 0.469. The summed E-state index contributed by atoms with van der Waals surface area (Å²) in [5.41, 5.74) is 2.39. The van der Waals surface area contributed by atoms with Crippen molar-refractivity contribution in [3.8, 4) is 0 Å². The van der Waals surface area contributed by atoms with Crippen LogP contribution in [0.15, 0.2) is 6.20 Å². The highest BCUT2D eigenvalue weighted by Crippen LogP contribution is 2.25. The van der Waals surface area contributed by atoms with Crippen LogP contribution in [0.4, 0.5) is 5.69 Å². The van der Waals surface area contributed by atoms with Crippen LogP contribution in [0.2, 0.25) is 0 Å². The molecule has 1 unspecified atom stereocenters. The zero-order valence-corrected chi connectivity index (χ0v) is 12.3. The van der Waals surface area contributed by atoms with Gasteiger partial charge in [-0.05, 0) is 26.2 Å². The second-order valence-electron chi connectivity index (χ2n) is 5.98. The Morgan fingerprint density at radius 2 is 2.06 bits per heavy atom. The molecule has 0 saturated carbocycles. The van der Waals surface area contributed by atoms with E-state index in [1.54, 1.807) is 0 Å². The van der Waals surface area contributed by atoms with Gasteiger partial charge in [0.2, 0.25) is 0 Å². The molecule has 4 nitrogen and oxygen atoms in total. The lowest BCUT2D eigenvalue weighted by Gasteiger charge is -2.21. The molecule has 102 valence electrons. The molecule has 2 heterocycles. The molecule has 1 atom stereocenters. The monoisotopic (exact) mass is 250 g/mol. The molecule has 18 heavy (non-hydrogen) atoms. The van der Waals surface area contributed by atoms with Gasteiger partial charge in [-0.15, -0.1) is 0 Å². The van der Waals surface area contributed by atoms with E-state index >= 15 is 0 Å². The first-order valence-electron chi connectivity index (χ1n) is 7.01. The summed E-state index contributed by atoms with van der Waals surface area (Å²) in [7, 11) is 1.99. The van der Waals surface area contributed by atoms with Gasteiger partial charge in [-0.2, -0.15) is 5.10 Å². The summed E-state index contributed by atoms with van der Waals surface area (Å²) in [6.45, 7) is 11.3. The Bertz CT molecular complexity index is 394. The van der Waals surface area contributed by atoms with Gasteiger partial charge in [0.05, 0.1) is 11.4 Å². The van der Waals surface area contributed by atoms with Crippen molar-refractivity contribution in [1.82, 2.24) is 14.7 Å². The van der Waals surface area contributed by atoms with Crippen LogP contribution in [0.3, 0.4) is 0 Å².